The maximum absolute atomic E-state index is 2.49. The Bertz CT molecular complexity index is 145. The predicted octanol–water partition coefficient (Wildman–Crippen LogP) is 5.34. The van der Waals surface area contributed by atoms with Gasteiger partial charge in [-0.05, 0) is 41.9 Å². The zero-order chi connectivity index (χ0) is 12.3. The summed E-state index contributed by atoms with van der Waals surface area (Å²) >= 11 is 0. The molecular formula is C15H31. The zero-order valence-corrected chi connectivity index (χ0v) is 12.1. The zero-order valence-electron chi connectivity index (χ0n) is 12.1. The summed E-state index contributed by atoms with van der Waals surface area (Å²) in [7, 11) is 0. The van der Waals surface area contributed by atoms with Crippen LogP contribution in [-0.2, 0) is 0 Å². The standard InChI is InChI=1S/C15H31/c1-12(14(3,4)5)10-9-11-13(2)15(6,7)8/h9,12-13H,10-11H2,1-8H3. The molecule has 0 heteroatoms. The molecule has 0 aliphatic rings. The van der Waals surface area contributed by atoms with Crippen LogP contribution in [0.5, 0.6) is 0 Å². The molecule has 0 spiro atoms. The van der Waals surface area contributed by atoms with Gasteiger partial charge in [-0.1, -0.05) is 55.4 Å². The van der Waals surface area contributed by atoms with Crippen LogP contribution in [0, 0.1) is 29.1 Å². The van der Waals surface area contributed by atoms with Crippen LogP contribution in [0.2, 0.25) is 0 Å². The highest BCUT2D eigenvalue weighted by atomic mass is 14.3. The Balaban J connectivity index is 3.81. The van der Waals surface area contributed by atoms with Crippen LogP contribution in [0.15, 0.2) is 0 Å². The molecule has 0 aromatic heterocycles. The third-order valence-corrected chi connectivity index (χ3v) is 4.00. The first-order valence-corrected chi connectivity index (χ1v) is 6.37. The fourth-order valence-electron chi connectivity index (χ4n) is 1.30. The highest BCUT2D eigenvalue weighted by Gasteiger charge is 2.22. The van der Waals surface area contributed by atoms with Crippen LogP contribution in [0.3, 0.4) is 0 Å². The lowest BCUT2D eigenvalue weighted by Gasteiger charge is -2.30. The number of hydrogen-bond acceptors (Lipinski definition) is 0. The molecule has 0 bridgehead atoms. The average molecular weight is 211 g/mol. The average Bonchev–Trinajstić information content (AvgIpc) is 2.00. The second-order valence-electron chi connectivity index (χ2n) is 7.29. The molecule has 0 saturated carbocycles. The lowest BCUT2D eigenvalue weighted by molar-refractivity contribution is 0.234. The van der Waals surface area contributed by atoms with Crippen LogP contribution < -0.4 is 0 Å². The molecule has 1 radical (unpaired) electrons. The van der Waals surface area contributed by atoms with E-state index in [0.29, 0.717) is 10.8 Å². The van der Waals surface area contributed by atoms with Gasteiger partial charge in [-0.15, -0.1) is 0 Å². The van der Waals surface area contributed by atoms with E-state index in [2.05, 4.69) is 61.8 Å². The van der Waals surface area contributed by atoms with E-state index < -0.39 is 0 Å². The Morgan fingerprint density at radius 2 is 1.00 bits per heavy atom. The van der Waals surface area contributed by atoms with Crippen LogP contribution in [-0.4, -0.2) is 0 Å². The summed E-state index contributed by atoms with van der Waals surface area (Å²) in [6, 6.07) is 0. The van der Waals surface area contributed by atoms with Gasteiger partial charge in [0.25, 0.3) is 0 Å². The monoisotopic (exact) mass is 211 g/mol. The largest absolute Gasteiger partial charge is 0.0620 e. The summed E-state index contributed by atoms with van der Waals surface area (Å²) < 4.78 is 0. The van der Waals surface area contributed by atoms with Gasteiger partial charge >= 0.3 is 0 Å². The lowest BCUT2D eigenvalue weighted by atomic mass is 9.76. The molecule has 2 atom stereocenters. The van der Waals surface area contributed by atoms with Crippen molar-refractivity contribution in [3.05, 3.63) is 6.42 Å². The summed E-state index contributed by atoms with van der Waals surface area (Å²) in [5, 5.41) is 0. The van der Waals surface area contributed by atoms with E-state index in [9.17, 15) is 0 Å². The molecule has 91 valence electrons. The Morgan fingerprint density at radius 1 is 0.733 bits per heavy atom. The van der Waals surface area contributed by atoms with Gasteiger partial charge in [-0.2, -0.15) is 0 Å². The molecule has 15 heavy (non-hydrogen) atoms. The summed E-state index contributed by atoms with van der Waals surface area (Å²) in [4.78, 5) is 0. The molecule has 0 aromatic rings. The minimum atomic E-state index is 0.446. The molecule has 0 aliphatic heterocycles. The van der Waals surface area contributed by atoms with Crippen molar-refractivity contribution in [2.75, 3.05) is 0 Å². The van der Waals surface area contributed by atoms with Gasteiger partial charge < -0.3 is 0 Å². The van der Waals surface area contributed by atoms with Gasteiger partial charge in [0.15, 0.2) is 0 Å². The number of rotatable bonds is 4. The molecule has 0 saturated heterocycles. The van der Waals surface area contributed by atoms with Crippen molar-refractivity contribution in [2.45, 2.75) is 68.2 Å². The van der Waals surface area contributed by atoms with Crippen LogP contribution in [0.1, 0.15) is 68.2 Å². The van der Waals surface area contributed by atoms with Crippen molar-refractivity contribution in [1.29, 1.82) is 0 Å². The van der Waals surface area contributed by atoms with Gasteiger partial charge in [-0.25, -0.2) is 0 Å². The summed E-state index contributed by atoms with van der Waals surface area (Å²) in [6.07, 6.45) is 5.00. The minimum Gasteiger partial charge on any atom is -0.0620 e. The van der Waals surface area contributed by atoms with Crippen LogP contribution >= 0.6 is 0 Å². The lowest BCUT2D eigenvalue weighted by Crippen LogP contribution is -2.20. The van der Waals surface area contributed by atoms with Crippen molar-refractivity contribution in [2.24, 2.45) is 22.7 Å². The summed E-state index contributed by atoms with van der Waals surface area (Å²) in [6.45, 7) is 18.7. The Kier molecular flexibility index (Phi) is 5.37. The Labute approximate surface area is 97.8 Å². The predicted molar refractivity (Wildman–Crippen MR) is 70.8 cm³/mol. The van der Waals surface area contributed by atoms with E-state index in [-0.39, 0.29) is 0 Å². The molecule has 0 rings (SSSR count). The molecule has 0 aliphatic carbocycles. The molecule has 0 nitrogen and oxygen atoms in total. The third-order valence-electron chi connectivity index (χ3n) is 4.00. The van der Waals surface area contributed by atoms with Gasteiger partial charge in [0.05, 0.1) is 0 Å². The van der Waals surface area contributed by atoms with Gasteiger partial charge in [0.2, 0.25) is 0 Å². The van der Waals surface area contributed by atoms with Crippen molar-refractivity contribution >= 4 is 0 Å². The molecular weight excluding hydrogens is 180 g/mol. The summed E-state index contributed by atoms with van der Waals surface area (Å²) in [5.41, 5.74) is 0.892. The first-order chi connectivity index (χ1) is 6.55. The smallest absolute Gasteiger partial charge is 0.0357 e. The maximum Gasteiger partial charge on any atom is -0.0357 e. The SMILES string of the molecule is CC(C[CH]CC(C)C(C)(C)C)C(C)(C)C. The van der Waals surface area contributed by atoms with Gasteiger partial charge in [0, 0.05) is 0 Å². The third kappa shape index (κ3) is 6.22. The maximum atomic E-state index is 2.49. The van der Waals surface area contributed by atoms with E-state index in [0.717, 1.165) is 11.8 Å². The fraction of sp³-hybridized carbons (Fsp3) is 0.933. The van der Waals surface area contributed by atoms with E-state index in [1.54, 1.807) is 0 Å². The molecule has 2 unspecified atom stereocenters. The first-order valence-electron chi connectivity index (χ1n) is 6.37. The second-order valence-corrected chi connectivity index (χ2v) is 7.29. The number of hydrogen-bond donors (Lipinski definition) is 0. The topological polar surface area (TPSA) is 0 Å². The molecule has 0 aromatic carbocycles. The first kappa shape index (κ1) is 15.0. The van der Waals surface area contributed by atoms with Crippen molar-refractivity contribution in [3.8, 4) is 0 Å². The Morgan fingerprint density at radius 3 is 1.20 bits per heavy atom. The van der Waals surface area contributed by atoms with Gasteiger partial charge in [-0.3, -0.25) is 0 Å². The molecule has 0 fully saturated rings. The van der Waals surface area contributed by atoms with Crippen LogP contribution in [0.4, 0.5) is 0 Å². The molecule has 0 heterocycles. The van der Waals surface area contributed by atoms with Crippen LogP contribution in [0.25, 0.3) is 0 Å². The minimum absolute atomic E-state index is 0.446. The molecule has 0 amide bonds. The van der Waals surface area contributed by atoms with E-state index in [4.69, 9.17) is 0 Å². The highest BCUT2D eigenvalue weighted by Crippen LogP contribution is 2.33. The van der Waals surface area contributed by atoms with E-state index >= 15 is 0 Å². The fourth-order valence-corrected chi connectivity index (χ4v) is 1.30. The molecule has 0 N–H and O–H groups in total. The van der Waals surface area contributed by atoms with Crippen molar-refractivity contribution < 1.29 is 0 Å². The quantitative estimate of drug-likeness (QED) is 0.589. The van der Waals surface area contributed by atoms with Crippen molar-refractivity contribution in [1.82, 2.24) is 0 Å². The highest BCUT2D eigenvalue weighted by molar-refractivity contribution is 4.81. The van der Waals surface area contributed by atoms with E-state index in [1.165, 1.54) is 12.8 Å². The summed E-state index contributed by atoms with van der Waals surface area (Å²) in [5.74, 6) is 1.56. The van der Waals surface area contributed by atoms with E-state index in [1.807, 2.05) is 0 Å². The normalized spacial score (nSPS) is 17.6. The van der Waals surface area contributed by atoms with Gasteiger partial charge in [0.1, 0.15) is 0 Å². The Hall–Kier alpha value is 0. The second kappa shape index (κ2) is 5.37. The van der Waals surface area contributed by atoms with Crippen molar-refractivity contribution in [3.63, 3.8) is 0 Å².